The molecule has 12 heteroatoms. The molecule has 22 heavy (non-hydrogen) atoms. The monoisotopic (exact) mass is 337 g/mol. The summed E-state index contributed by atoms with van der Waals surface area (Å²) in [5, 5.41) is 21.3. The van der Waals surface area contributed by atoms with E-state index in [0.29, 0.717) is 11.9 Å². The Hall–Kier alpha value is -2.21. The van der Waals surface area contributed by atoms with Gasteiger partial charge in [-0.05, 0) is 6.42 Å². The second-order valence-electron chi connectivity index (χ2n) is 4.09. The van der Waals surface area contributed by atoms with E-state index in [2.05, 4.69) is 15.2 Å². The lowest BCUT2D eigenvalue weighted by atomic mass is 10.1. The first-order valence-electron chi connectivity index (χ1n) is 5.99. The Balaban J connectivity index is 4.46. The lowest BCUT2D eigenvalue weighted by molar-refractivity contribution is -0.139. The van der Waals surface area contributed by atoms with Crippen LogP contribution in [-0.4, -0.2) is 58.3 Å². The third kappa shape index (κ3) is 8.86. The molecule has 0 aromatic rings. The molecule has 0 aliphatic rings. The summed E-state index contributed by atoms with van der Waals surface area (Å²) in [6.07, 6.45) is -0.376. The summed E-state index contributed by atoms with van der Waals surface area (Å²) in [5.41, 5.74) is 5.23. The van der Waals surface area contributed by atoms with Gasteiger partial charge in [0, 0.05) is 28.7 Å². The van der Waals surface area contributed by atoms with Gasteiger partial charge in [-0.3, -0.25) is 19.2 Å². The third-order valence-corrected chi connectivity index (χ3v) is 2.95. The highest BCUT2D eigenvalue weighted by molar-refractivity contribution is 7.97. The molecule has 11 nitrogen and oxygen atoms in total. The molecule has 0 heterocycles. The van der Waals surface area contributed by atoms with Gasteiger partial charge >= 0.3 is 11.9 Å². The highest BCUT2D eigenvalue weighted by Gasteiger charge is 2.22. The standard InChI is InChI=1S/C10H16N4O7S/c11-5(10(19)20)1-2-7(15)13-6(4-22-14-21)9(18)12-3-8(16)17/h5-6H,1-4,11H2,(H,12,18)(H,13,15)(H,16,17)(H,19,20)/t5-,6-/m0/s1/i14+1. The molecule has 0 rings (SSSR count). The molecule has 0 saturated carbocycles. The summed E-state index contributed by atoms with van der Waals surface area (Å²) in [7, 11) is 0. The number of carbonyl (C=O) groups excluding carboxylic acids is 2. The molecule has 0 aliphatic carbocycles. The fourth-order valence-electron chi connectivity index (χ4n) is 1.25. The molecule has 0 unspecified atom stereocenters. The molecule has 2 amide bonds. The van der Waals surface area contributed by atoms with Crippen LogP contribution in [0, 0.1) is 4.91 Å². The minimum Gasteiger partial charge on any atom is -0.480 e. The van der Waals surface area contributed by atoms with Gasteiger partial charge in [-0.1, -0.05) is 0 Å². The summed E-state index contributed by atoms with van der Waals surface area (Å²) in [6.45, 7) is -0.645. The van der Waals surface area contributed by atoms with E-state index >= 15 is 0 Å². The molecular formula is C10H16N4O7S. The zero-order chi connectivity index (χ0) is 17.1. The van der Waals surface area contributed by atoms with Crippen molar-refractivity contribution in [3.63, 3.8) is 0 Å². The van der Waals surface area contributed by atoms with Crippen LogP contribution in [0.25, 0.3) is 0 Å². The number of nitroso groups, excluding NO2 is 1. The van der Waals surface area contributed by atoms with Crippen LogP contribution in [0.1, 0.15) is 12.8 Å². The molecule has 124 valence electrons. The maximum Gasteiger partial charge on any atom is 0.322 e. The van der Waals surface area contributed by atoms with Gasteiger partial charge < -0.3 is 26.6 Å². The van der Waals surface area contributed by atoms with Crippen LogP contribution in [-0.2, 0) is 19.2 Å². The van der Waals surface area contributed by atoms with Crippen molar-refractivity contribution in [2.24, 2.45) is 10.3 Å². The first-order chi connectivity index (χ1) is 10.3. The molecule has 0 aliphatic heterocycles. The van der Waals surface area contributed by atoms with E-state index in [9.17, 15) is 24.1 Å². The minimum absolute atomic E-state index is 0.135. The van der Waals surface area contributed by atoms with Crippen LogP contribution in [0.15, 0.2) is 4.58 Å². The fraction of sp³-hybridized carbons (Fsp3) is 0.600. The number of hydrogen-bond donors (Lipinski definition) is 5. The maximum absolute atomic E-state index is 11.7. The first kappa shape index (κ1) is 19.8. The van der Waals surface area contributed by atoms with Crippen molar-refractivity contribution in [2.75, 3.05) is 12.3 Å². The summed E-state index contributed by atoms with van der Waals surface area (Å²) in [4.78, 5) is 54.2. The Bertz CT molecular complexity index is 445. The van der Waals surface area contributed by atoms with Gasteiger partial charge in [0.25, 0.3) is 0 Å². The molecule has 0 aromatic carbocycles. The lowest BCUT2D eigenvalue weighted by Gasteiger charge is -2.16. The van der Waals surface area contributed by atoms with E-state index in [1.54, 1.807) is 0 Å². The van der Waals surface area contributed by atoms with Gasteiger partial charge in [0.1, 0.15) is 18.6 Å². The van der Waals surface area contributed by atoms with Crippen molar-refractivity contribution in [1.82, 2.24) is 10.6 Å². The number of carboxylic acids is 2. The highest BCUT2D eigenvalue weighted by atomic mass is 32.2. The van der Waals surface area contributed by atoms with Crippen molar-refractivity contribution >= 4 is 35.7 Å². The lowest BCUT2D eigenvalue weighted by Crippen LogP contribution is -2.49. The van der Waals surface area contributed by atoms with Crippen LogP contribution < -0.4 is 16.4 Å². The summed E-state index contributed by atoms with van der Waals surface area (Å²) >= 11 is 0.478. The smallest absolute Gasteiger partial charge is 0.322 e. The van der Waals surface area contributed by atoms with Crippen LogP contribution in [0.3, 0.4) is 0 Å². The summed E-state index contributed by atoms with van der Waals surface area (Å²) < 4.78 is 2.48. The Morgan fingerprint density at radius 2 is 1.86 bits per heavy atom. The SMILES string of the molecule is N[C@@H](CCC(=O)N[C@@H](CS[15N]=O)C(=O)NCC(=O)O)C(=O)O. The largest absolute Gasteiger partial charge is 0.480 e. The zero-order valence-corrected chi connectivity index (χ0v) is 12.2. The topological polar surface area (TPSA) is 188 Å². The molecule has 0 saturated heterocycles. The average Bonchev–Trinajstić information content (AvgIpc) is 2.46. The van der Waals surface area contributed by atoms with Gasteiger partial charge in [0.2, 0.25) is 11.8 Å². The third-order valence-electron chi connectivity index (χ3n) is 2.36. The van der Waals surface area contributed by atoms with Gasteiger partial charge in [-0.2, -0.15) is 0 Å². The zero-order valence-electron chi connectivity index (χ0n) is 11.4. The Morgan fingerprint density at radius 3 is 2.36 bits per heavy atom. The van der Waals surface area contributed by atoms with E-state index < -0.39 is 42.4 Å². The molecule has 0 fully saturated rings. The number of aliphatic carboxylic acids is 2. The second kappa shape index (κ2) is 10.5. The number of carboxylic acid groups (broad SMARTS) is 2. The number of nitrogens with zero attached hydrogens (tertiary/aromatic N) is 1. The Labute approximate surface area is 129 Å². The minimum atomic E-state index is -1.27. The van der Waals surface area contributed by atoms with E-state index in [1.807, 2.05) is 0 Å². The summed E-state index contributed by atoms with van der Waals surface area (Å²) in [6, 6.07) is -2.38. The van der Waals surface area contributed by atoms with E-state index in [0.717, 1.165) is 0 Å². The van der Waals surface area contributed by atoms with Crippen molar-refractivity contribution in [3.05, 3.63) is 4.91 Å². The van der Waals surface area contributed by atoms with Crippen molar-refractivity contribution in [2.45, 2.75) is 24.9 Å². The number of carbonyl (C=O) groups is 4. The van der Waals surface area contributed by atoms with Gasteiger partial charge in [0.15, 0.2) is 0 Å². The molecule has 6 N–H and O–H groups in total. The Morgan fingerprint density at radius 1 is 1.23 bits per heavy atom. The summed E-state index contributed by atoms with van der Waals surface area (Å²) in [5.74, 6) is -4.17. The Kier molecular flexibility index (Phi) is 9.45. The second-order valence-corrected chi connectivity index (χ2v) is 4.83. The molecule has 0 aromatic heterocycles. The predicted molar refractivity (Wildman–Crippen MR) is 75.7 cm³/mol. The molecular weight excluding hydrogens is 321 g/mol. The van der Waals surface area contributed by atoms with Gasteiger partial charge in [0.05, 0.1) is 0 Å². The number of amides is 2. The number of nitrogens with one attached hydrogen (secondary N) is 2. The maximum atomic E-state index is 11.7. The average molecular weight is 337 g/mol. The first-order valence-corrected chi connectivity index (χ1v) is 6.94. The van der Waals surface area contributed by atoms with Crippen LogP contribution in [0.4, 0.5) is 0 Å². The van der Waals surface area contributed by atoms with E-state index in [-0.39, 0.29) is 18.6 Å². The fourth-order valence-corrected chi connectivity index (χ4v) is 1.70. The normalized spacial score (nSPS) is 12.8. The van der Waals surface area contributed by atoms with E-state index in [1.165, 1.54) is 0 Å². The van der Waals surface area contributed by atoms with Crippen LogP contribution in [0.5, 0.6) is 0 Å². The van der Waals surface area contributed by atoms with Gasteiger partial charge in [-0.15, -0.1) is 4.91 Å². The molecule has 0 radical (unpaired) electrons. The number of hydrogen-bond acceptors (Lipinski definition) is 8. The van der Waals surface area contributed by atoms with Crippen molar-refractivity contribution in [3.8, 4) is 0 Å². The van der Waals surface area contributed by atoms with Crippen LogP contribution >= 0.6 is 11.9 Å². The molecule has 0 spiro atoms. The predicted octanol–water partition coefficient (Wildman–Crippen LogP) is -1.72. The number of rotatable bonds is 11. The van der Waals surface area contributed by atoms with Crippen LogP contribution in [0.2, 0.25) is 0 Å². The molecule has 0 bridgehead atoms. The molecule has 2 atom stereocenters. The van der Waals surface area contributed by atoms with E-state index in [4.69, 9.17) is 15.9 Å². The highest BCUT2D eigenvalue weighted by Crippen LogP contribution is 2.05. The van der Waals surface area contributed by atoms with Crippen molar-refractivity contribution in [1.29, 1.82) is 0 Å². The van der Waals surface area contributed by atoms with Crippen molar-refractivity contribution < 1.29 is 29.4 Å². The van der Waals surface area contributed by atoms with Gasteiger partial charge in [-0.25, -0.2) is 0 Å². The quantitative estimate of drug-likeness (QED) is 0.166. The number of nitrogens with two attached hydrogens (primary N) is 1.